The summed E-state index contributed by atoms with van der Waals surface area (Å²) in [7, 11) is 2.12. The molecule has 6 aromatic rings. The number of piperazine rings is 1. The molecule has 1 fully saturated rings. The number of rotatable bonds is 6. The second-order valence-electron chi connectivity index (χ2n) is 10.2. The minimum absolute atomic E-state index is 0.0444. The van der Waals surface area contributed by atoms with Gasteiger partial charge < -0.3 is 9.80 Å². The van der Waals surface area contributed by atoms with Crippen LogP contribution in [-0.4, -0.2) is 78.1 Å². The molecule has 10 nitrogen and oxygen atoms in total. The predicted molar refractivity (Wildman–Crippen MR) is 152 cm³/mol. The lowest BCUT2D eigenvalue weighted by Gasteiger charge is -2.33. The van der Waals surface area contributed by atoms with Crippen molar-refractivity contribution in [3.05, 3.63) is 96.3 Å². The Morgan fingerprint density at radius 1 is 0.854 bits per heavy atom. The van der Waals surface area contributed by atoms with Gasteiger partial charge in [0.1, 0.15) is 28.7 Å². The summed E-state index contributed by atoms with van der Waals surface area (Å²) in [5, 5.41) is 9.86. The highest BCUT2D eigenvalue weighted by molar-refractivity contribution is 5.97. The molecule has 0 unspecified atom stereocenters. The van der Waals surface area contributed by atoms with Gasteiger partial charge in [0.25, 0.3) is 0 Å². The lowest BCUT2D eigenvalue weighted by Crippen LogP contribution is -2.44. The lowest BCUT2D eigenvalue weighted by atomic mass is 10.1. The van der Waals surface area contributed by atoms with E-state index in [0.29, 0.717) is 39.6 Å². The van der Waals surface area contributed by atoms with E-state index < -0.39 is 0 Å². The number of pyridine rings is 1. The zero-order valence-corrected chi connectivity index (χ0v) is 22.4. The Labute approximate surface area is 234 Å². The lowest BCUT2D eigenvalue weighted by molar-refractivity contribution is 0.0992. The van der Waals surface area contributed by atoms with Gasteiger partial charge in [-0.2, -0.15) is 5.10 Å². The van der Waals surface area contributed by atoms with Crippen molar-refractivity contribution in [2.24, 2.45) is 0 Å². The number of halogens is 1. The summed E-state index contributed by atoms with van der Waals surface area (Å²) in [6.45, 7) is 3.68. The molecule has 0 atom stereocenters. The van der Waals surface area contributed by atoms with Crippen LogP contribution in [0.15, 0.2) is 79.3 Å². The third kappa shape index (κ3) is 4.80. The number of carbonyl (C=O) groups excluding carboxylic acids is 1. The fourth-order valence-corrected chi connectivity index (χ4v) is 5.11. The fourth-order valence-electron chi connectivity index (χ4n) is 5.11. The summed E-state index contributed by atoms with van der Waals surface area (Å²) >= 11 is 0. The van der Waals surface area contributed by atoms with Crippen LogP contribution in [0.5, 0.6) is 0 Å². The van der Waals surface area contributed by atoms with Crippen LogP contribution < -0.4 is 4.90 Å². The van der Waals surface area contributed by atoms with Gasteiger partial charge in [-0.15, -0.1) is 5.10 Å². The molecule has 0 N–H and O–H groups in total. The van der Waals surface area contributed by atoms with Gasteiger partial charge in [-0.1, -0.05) is 0 Å². The number of carbonyl (C=O) groups is 1. The molecule has 0 saturated carbocycles. The second kappa shape index (κ2) is 10.2. The molecule has 7 rings (SSSR count). The first-order valence-electron chi connectivity index (χ1n) is 13.4. The number of fused-ring (bicyclic) bond motifs is 2. The topological polar surface area (TPSA) is 96.8 Å². The van der Waals surface area contributed by atoms with Gasteiger partial charge in [0.15, 0.2) is 17.1 Å². The maximum Gasteiger partial charge on any atom is 0.168 e. The first-order chi connectivity index (χ1) is 20.0. The van der Waals surface area contributed by atoms with Gasteiger partial charge in [0.05, 0.1) is 18.3 Å². The molecule has 0 bridgehead atoms. The predicted octanol–water partition coefficient (Wildman–Crippen LogP) is 3.82. The number of hydrogen-bond acceptors (Lipinski definition) is 8. The summed E-state index contributed by atoms with van der Waals surface area (Å²) in [5.74, 6) is 0.494. The molecule has 0 spiro atoms. The molecule has 1 saturated heterocycles. The molecule has 41 heavy (non-hydrogen) atoms. The van der Waals surface area contributed by atoms with Gasteiger partial charge in [-0.05, 0) is 67.7 Å². The van der Waals surface area contributed by atoms with Crippen LogP contribution in [-0.2, 0) is 6.42 Å². The van der Waals surface area contributed by atoms with E-state index >= 15 is 0 Å². The minimum Gasteiger partial charge on any atom is -0.353 e. The van der Waals surface area contributed by atoms with E-state index in [9.17, 15) is 9.18 Å². The van der Waals surface area contributed by atoms with Gasteiger partial charge in [-0.25, -0.2) is 23.4 Å². The van der Waals surface area contributed by atoms with Crippen LogP contribution in [0, 0.1) is 5.82 Å². The molecule has 1 aromatic carbocycles. The first kappa shape index (κ1) is 25.0. The summed E-state index contributed by atoms with van der Waals surface area (Å²) < 4.78 is 17.3. The number of nitrogens with zero attached hydrogens (tertiary/aromatic N) is 9. The van der Waals surface area contributed by atoms with Crippen LogP contribution in [0.4, 0.5) is 10.2 Å². The van der Waals surface area contributed by atoms with E-state index in [1.54, 1.807) is 47.4 Å². The van der Waals surface area contributed by atoms with Gasteiger partial charge in [0.2, 0.25) is 0 Å². The van der Waals surface area contributed by atoms with Gasteiger partial charge in [0, 0.05) is 49.7 Å². The molecule has 0 aliphatic carbocycles. The molecule has 6 heterocycles. The second-order valence-corrected chi connectivity index (χ2v) is 10.2. The largest absolute Gasteiger partial charge is 0.353 e. The van der Waals surface area contributed by atoms with Crippen LogP contribution in [0.2, 0.25) is 0 Å². The number of benzene rings is 1. The standard InChI is InChI=1S/C30H26FN9O/c1-37-14-16-38(17-15-37)28-9-8-27-34-29(21-2-4-22(31)5-3-21)30(40(27)36-28)24-6-7-26-33-23(19-39(26)35-24)18-25(41)20-10-12-32-13-11-20/h2-13,19H,14-18H2,1H3. The number of ketones is 1. The number of Topliss-reactive ketones (excluding diaryl/α,β-unsaturated/α-hetero) is 1. The maximum atomic E-state index is 13.8. The molecular formula is C30H26FN9O. The van der Waals surface area contributed by atoms with Crippen molar-refractivity contribution in [2.45, 2.75) is 6.42 Å². The van der Waals surface area contributed by atoms with Crippen LogP contribution in [0.1, 0.15) is 16.1 Å². The molecule has 1 aliphatic heterocycles. The third-order valence-electron chi connectivity index (χ3n) is 7.36. The number of aromatic nitrogens is 7. The smallest absolute Gasteiger partial charge is 0.168 e. The van der Waals surface area contributed by atoms with Crippen LogP contribution >= 0.6 is 0 Å². The van der Waals surface area contributed by atoms with E-state index in [1.165, 1.54) is 12.1 Å². The van der Waals surface area contributed by atoms with E-state index in [0.717, 1.165) is 37.6 Å². The highest BCUT2D eigenvalue weighted by atomic mass is 19.1. The molecule has 11 heteroatoms. The fraction of sp³-hybridized carbons (Fsp3) is 0.200. The van der Waals surface area contributed by atoms with Crippen LogP contribution in [0.3, 0.4) is 0 Å². The Kier molecular flexibility index (Phi) is 6.20. The van der Waals surface area contributed by atoms with Crippen molar-refractivity contribution >= 4 is 22.9 Å². The molecular weight excluding hydrogens is 521 g/mol. The maximum absolute atomic E-state index is 13.8. The van der Waals surface area contributed by atoms with Crippen molar-refractivity contribution in [1.82, 2.24) is 39.1 Å². The third-order valence-corrected chi connectivity index (χ3v) is 7.36. The summed E-state index contributed by atoms with van der Waals surface area (Å²) in [4.78, 5) is 30.8. The number of hydrogen-bond donors (Lipinski definition) is 0. The quantitative estimate of drug-likeness (QED) is 0.291. The number of imidazole rings is 2. The zero-order chi connectivity index (χ0) is 27.9. The Hall–Kier alpha value is -5.03. The summed E-state index contributed by atoms with van der Waals surface area (Å²) in [5.41, 5.74) is 5.19. The number of likely N-dealkylation sites (N-methyl/N-ethyl adjacent to an activating group) is 1. The van der Waals surface area contributed by atoms with Crippen LogP contribution in [0.25, 0.3) is 33.9 Å². The SMILES string of the molecule is CN1CCN(c2ccc3nc(-c4ccc(F)cc4)c(-c4ccc5nc(CC(=O)c6ccncc6)cn5n4)n3n2)CC1. The average Bonchev–Trinajstić information content (AvgIpc) is 3.58. The Morgan fingerprint density at radius 3 is 2.39 bits per heavy atom. The molecule has 0 radical (unpaired) electrons. The Bertz CT molecular complexity index is 1870. The van der Waals surface area contributed by atoms with E-state index in [-0.39, 0.29) is 18.0 Å². The highest BCUT2D eigenvalue weighted by Gasteiger charge is 2.22. The van der Waals surface area contributed by atoms with E-state index in [2.05, 4.69) is 26.8 Å². The van der Waals surface area contributed by atoms with Crippen molar-refractivity contribution in [3.8, 4) is 22.6 Å². The summed E-state index contributed by atoms with van der Waals surface area (Å²) in [6.07, 6.45) is 5.11. The first-order valence-corrected chi connectivity index (χ1v) is 13.4. The average molecular weight is 548 g/mol. The van der Waals surface area contributed by atoms with E-state index in [1.807, 2.05) is 28.8 Å². The molecule has 5 aromatic heterocycles. The summed E-state index contributed by atoms with van der Waals surface area (Å²) in [6, 6.07) is 17.3. The number of anilines is 1. The molecule has 204 valence electrons. The molecule has 1 aliphatic rings. The molecule has 0 amide bonds. The van der Waals surface area contributed by atoms with Gasteiger partial charge >= 0.3 is 0 Å². The Balaban J connectivity index is 1.31. The van der Waals surface area contributed by atoms with Gasteiger partial charge in [-0.3, -0.25) is 9.78 Å². The normalized spacial score (nSPS) is 14.2. The monoisotopic (exact) mass is 547 g/mol. The van der Waals surface area contributed by atoms with E-state index in [4.69, 9.17) is 15.2 Å². The minimum atomic E-state index is -0.318. The Morgan fingerprint density at radius 2 is 1.61 bits per heavy atom. The van der Waals surface area contributed by atoms with Crippen molar-refractivity contribution in [3.63, 3.8) is 0 Å². The van der Waals surface area contributed by atoms with Crippen molar-refractivity contribution in [2.75, 3.05) is 38.1 Å². The van der Waals surface area contributed by atoms with Crippen molar-refractivity contribution in [1.29, 1.82) is 0 Å². The van der Waals surface area contributed by atoms with Crippen molar-refractivity contribution < 1.29 is 9.18 Å². The highest BCUT2D eigenvalue weighted by Crippen LogP contribution is 2.32. The zero-order valence-electron chi connectivity index (χ0n) is 22.4.